The summed E-state index contributed by atoms with van der Waals surface area (Å²) in [7, 11) is -4.11. The Bertz CT molecular complexity index is 1460. The van der Waals surface area contributed by atoms with Crippen molar-refractivity contribution >= 4 is 38.5 Å². The van der Waals surface area contributed by atoms with Crippen LogP contribution in [0, 0.1) is 11.6 Å². The second-order valence-electron chi connectivity index (χ2n) is 7.17. The highest BCUT2D eigenvalue weighted by molar-refractivity contribution is 7.90. The van der Waals surface area contributed by atoms with Crippen molar-refractivity contribution in [2.75, 3.05) is 0 Å². The summed E-state index contributed by atoms with van der Waals surface area (Å²) in [5, 5.41) is 9.23. The van der Waals surface area contributed by atoms with Crippen molar-refractivity contribution in [2.45, 2.75) is 17.7 Å². The molecular formula is C23H16ClF2NO4S. The number of hydrogen-bond acceptors (Lipinski definition) is 3. The van der Waals surface area contributed by atoms with E-state index >= 15 is 0 Å². The second kappa shape index (κ2) is 8.37. The molecule has 0 unspecified atom stereocenters. The first-order valence-electron chi connectivity index (χ1n) is 9.49. The summed E-state index contributed by atoms with van der Waals surface area (Å²) in [6.07, 6.45) is 1.15. The van der Waals surface area contributed by atoms with Crippen LogP contribution in [0.1, 0.15) is 12.0 Å². The number of rotatable bonds is 6. The van der Waals surface area contributed by atoms with E-state index in [0.29, 0.717) is 22.1 Å². The number of hydrogen-bond donors (Lipinski definition) is 1. The third-order valence-corrected chi connectivity index (χ3v) is 7.03. The fraction of sp³-hybridized carbons (Fsp3) is 0.0870. The van der Waals surface area contributed by atoms with Crippen molar-refractivity contribution < 1.29 is 27.1 Å². The lowest BCUT2D eigenvalue weighted by atomic mass is 10.1. The maximum absolute atomic E-state index is 13.8. The largest absolute Gasteiger partial charge is 0.481 e. The molecule has 1 heterocycles. The number of aryl methyl sites for hydroxylation is 1. The van der Waals surface area contributed by atoms with Gasteiger partial charge in [-0.05, 0) is 65.6 Å². The van der Waals surface area contributed by atoms with Gasteiger partial charge in [-0.3, -0.25) is 4.79 Å². The summed E-state index contributed by atoms with van der Waals surface area (Å²) in [6.45, 7) is 0. The van der Waals surface area contributed by atoms with Crippen molar-refractivity contribution in [2.24, 2.45) is 0 Å². The smallest absolute Gasteiger partial charge is 0.303 e. The van der Waals surface area contributed by atoms with Crippen LogP contribution < -0.4 is 0 Å². The fourth-order valence-corrected chi connectivity index (χ4v) is 5.12. The molecular weight excluding hydrogens is 460 g/mol. The Morgan fingerprint density at radius 2 is 1.75 bits per heavy atom. The van der Waals surface area contributed by atoms with Crippen LogP contribution in [0.15, 0.2) is 71.8 Å². The third kappa shape index (κ3) is 4.11. The van der Waals surface area contributed by atoms with Gasteiger partial charge in [0.2, 0.25) is 0 Å². The molecule has 3 aromatic carbocycles. The first kappa shape index (κ1) is 22.0. The quantitative estimate of drug-likeness (QED) is 0.400. The SMILES string of the molecule is O=C(O)CCc1cn(S(=O)(=O)c2cccc(-c3ccc(F)c(Cl)c3)c2)c2ccc(F)cc12. The number of carbonyl (C=O) groups is 1. The lowest BCUT2D eigenvalue weighted by Gasteiger charge is -2.10. The Morgan fingerprint density at radius 3 is 2.47 bits per heavy atom. The highest BCUT2D eigenvalue weighted by Crippen LogP contribution is 2.30. The van der Waals surface area contributed by atoms with Crippen molar-refractivity contribution in [3.63, 3.8) is 0 Å². The van der Waals surface area contributed by atoms with Crippen LogP contribution in [0.4, 0.5) is 8.78 Å². The predicted molar refractivity (Wildman–Crippen MR) is 117 cm³/mol. The Labute approximate surface area is 187 Å². The summed E-state index contributed by atoms with van der Waals surface area (Å²) in [6, 6.07) is 13.8. The highest BCUT2D eigenvalue weighted by atomic mass is 35.5. The van der Waals surface area contributed by atoms with E-state index in [1.807, 2.05) is 0 Å². The van der Waals surface area contributed by atoms with Gasteiger partial charge in [0.05, 0.1) is 15.4 Å². The highest BCUT2D eigenvalue weighted by Gasteiger charge is 2.22. The van der Waals surface area contributed by atoms with Gasteiger partial charge >= 0.3 is 5.97 Å². The van der Waals surface area contributed by atoms with Crippen molar-refractivity contribution in [1.29, 1.82) is 0 Å². The molecule has 0 aliphatic rings. The first-order valence-corrected chi connectivity index (χ1v) is 11.3. The van der Waals surface area contributed by atoms with Gasteiger partial charge in [0.1, 0.15) is 11.6 Å². The molecule has 0 amide bonds. The maximum atomic E-state index is 13.8. The Kier molecular flexibility index (Phi) is 5.75. The molecule has 5 nitrogen and oxygen atoms in total. The van der Waals surface area contributed by atoms with E-state index in [-0.39, 0.29) is 28.3 Å². The van der Waals surface area contributed by atoms with Crippen LogP contribution in [0.3, 0.4) is 0 Å². The number of aromatic nitrogens is 1. The molecule has 1 aromatic heterocycles. The van der Waals surface area contributed by atoms with E-state index in [9.17, 15) is 22.0 Å². The lowest BCUT2D eigenvalue weighted by Crippen LogP contribution is -2.12. The molecule has 0 aliphatic heterocycles. The van der Waals surface area contributed by atoms with E-state index in [0.717, 1.165) is 10.0 Å². The number of benzene rings is 3. The van der Waals surface area contributed by atoms with Crippen LogP contribution in [0.2, 0.25) is 5.02 Å². The predicted octanol–water partition coefficient (Wildman–Crippen LogP) is 5.49. The standard InChI is InChI=1S/C23H16ClF2NO4S/c24-20-11-15(4-7-21(20)26)14-2-1-3-18(10-14)32(30,31)27-13-16(5-9-23(28)29)19-12-17(25)6-8-22(19)27/h1-4,6-8,10-13H,5,9H2,(H,28,29). The molecule has 164 valence electrons. The van der Waals surface area contributed by atoms with Crippen LogP contribution in [0.5, 0.6) is 0 Å². The summed E-state index contributed by atoms with van der Waals surface area (Å²) < 4.78 is 55.3. The second-order valence-corrected chi connectivity index (χ2v) is 9.39. The average molecular weight is 476 g/mol. The number of fused-ring (bicyclic) bond motifs is 1. The maximum Gasteiger partial charge on any atom is 0.303 e. The number of nitrogens with zero attached hydrogens (tertiary/aromatic N) is 1. The van der Waals surface area contributed by atoms with Gasteiger partial charge in [0, 0.05) is 18.0 Å². The lowest BCUT2D eigenvalue weighted by molar-refractivity contribution is -0.136. The number of carboxylic acid groups (broad SMARTS) is 1. The van der Waals surface area contributed by atoms with E-state index in [2.05, 4.69) is 0 Å². The van der Waals surface area contributed by atoms with Gasteiger partial charge in [-0.2, -0.15) is 0 Å². The summed E-state index contributed by atoms with van der Waals surface area (Å²) in [5.74, 6) is -2.19. The van der Waals surface area contributed by atoms with Crippen LogP contribution in [-0.4, -0.2) is 23.5 Å². The minimum Gasteiger partial charge on any atom is -0.481 e. The Hall–Kier alpha value is -3.23. The van der Waals surface area contributed by atoms with Crippen LogP contribution >= 0.6 is 11.6 Å². The van der Waals surface area contributed by atoms with Gasteiger partial charge in [-0.25, -0.2) is 21.2 Å². The van der Waals surface area contributed by atoms with E-state index in [1.165, 1.54) is 48.7 Å². The molecule has 0 aliphatic carbocycles. The molecule has 1 N–H and O–H groups in total. The van der Waals surface area contributed by atoms with Crippen molar-refractivity contribution in [1.82, 2.24) is 3.97 Å². The molecule has 0 fully saturated rings. The summed E-state index contributed by atoms with van der Waals surface area (Å²) >= 11 is 5.85. The topological polar surface area (TPSA) is 76.4 Å². The molecule has 0 atom stereocenters. The molecule has 9 heteroatoms. The molecule has 0 saturated carbocycles. The molecule has 0 radical (unpaired) electrons. The molecule has 0 bridgehead atoms. The first-order chi connectivity index (χ1) is 15.2. The normalized spacial score (nSPS) is 11.7. The summed E-state index contributed by atoms with van der Waals surface area (Å²) in [5.41, 5.74) is 1.70. The molecule has 4 aromatic rings. The number of halogens is 3. The van der Waals surface area contributed by atoms with Gasteiger partial charge < -0.3 is 5.11 Å². The fourth-order valence-electron chi connectivity index (χ4n) is 3.50. The zero-order chi connectivity index (χ0) is 23.0. The molecule has 0 saturated heterocycles. The Morgan fingerprint density at radius 1 is 1.00 bits per heavy atom. The minimum absolute atomic E-state index is 0.0403. The van der Waals surface area contributed by atoms with Gasteiger partial charge in [0.25, 0.3) is 10.0 Å². The minimum atomic E-state index is -4.11. The van der Waals surface area contributed by atoms with Crippen molar-refractivity contribution in [3.8, 4) is 11.1 Å². The summed E-state index contributed by atoms with van der Waals surface area (Å²) in [4.78, 5) is 10.9. The van der Waals surface area contributed by atoms with E-state index in [1.54, 1.807) is 12.1 Å². The average Bonchev–Trinajstić information content (AvgIpc) is 3.12. The Balaban J connectivity index is 1.83. The molecule has 32 heavy (non-hydrogen) atoms. The monoisotopic (exact) mass is 475 g/mol. The van der Waals surface area contributed by atoms with Crippen molar-refractivity contribution in [3.05, 3.63) is 89.1 Å². The van der Waals surface area contributed by atoms with E-state index < -0.39 is 27.6 Å². The zero-order valence-electron chi connectivity index (χ0n) is 16.4. The van der Waals surface area contributed by atoms with Gasteiger partial charge in [0.15, 0.2) is 0 Å². The molecule has 4 rings (SSSR count). The third-order valence-electron chi connectivity index (χ3n) is 5.07. The van der Waals surface area contributed by atoms with Crippen LogP contribution in [0.25, 0.3) is 22.0 Å². The van der Waals surface area contributed by atoms with Gasteiger partial charge in [-0.1, -0.05) is 29.8 Å². The zero-order valence-corrected chi connectivity index (χ0v) is 18.0. The molecule has 0 spiro atoms. The van der Waals surface area contributed by atoms with Crippen LogP contribution in [-0.2, 0) is 21.2 Å². The number of aliphatic carboxylic acids is 1. The van der Waals surface area contributed by atoms with E-state index in [4.69, 9.17) is 16.7 Å². The number of carboxylic acids is 1. The van der Waals surface area contributed by atoms with Gasteiger partial charge in [-0.15, -0.1) is 0 Å².